The maximum Gasteiger partial charge on any atom is 0.253 e. The lowest BCUT2D eigenvalue weighted by Gasteiger charge is -2.23. The van der Waals surface area contributed by atoms with E-state index in [0.29, 0.717) is 11.0 Å². The monoisotopic (exact) mass is 281 g/mol. The number of rotatable bonds is 4. The van der Waals surface area contributed by atoms with Gasteiger partial charge in [0, 0.05) is 18.7 Å². The van der Waals surface area contributed by atoms with E-state index in [-0.39, 0.29) is 5.91 Å². The quantitative estimate of drug-likeness (QED) is 0.567. The predicted octanol–water partition coefficient (Wildman–Crippen LogP) is 4.24. The molecule has 0 bridgehead atoms. The van der Waals surface area contributed by atoms with Gasteiger partial charge in [0.05, 0.1) is 0 Å². The van der Waals surface area contributed by atoms with Gasteiger partial charge in [-0.05, 0) is 48.3 Å². The van der Waals surface area contributed by atoms with Crippen molar-refractivity contribution in [1.82, 2.24) is 4.90 Å². The molecule has 0 atom stereocenters. The molecule has 0 aromatic heterocycles. The van der Waals surface area contributed by atoms with Gasteiger partial charge in [0.1, 0.15) is 0 Å². The van der Waals surface area contributed by atoms with Gasteiger partial charge in [0.2, 0.25) is 0 Å². The summed E-state index contributed by atoms with van der Waals surface area (Å²) < 4.78 is 0. The van der Waals surface area contributed by atoms with E-state index in [9.17, 15) is 4.79 Å². The molecule has 0 aliphatic carbocycles. The normalized spacial score (nSPS) is 20.0. The van der Waals surface area contributed by atoms with E-state index in [1.807, 2.05) is 17.2 Å². The number of amides is 1. The Hall–Kier alpha value is -0.700. The van der Waals surface area contributed by atoms with Crippen LogP contribution >= 0.6 is 11.8 Å². The van der Waals surface area contributed by atoms with Crippen molar-refractivity contribution in [2.24, 2.45) is 5.41 Å². The number of hydrogen-bond donors (Lipinski definition) is 0. The number of hydrogen-bond acceptors (Lipinski definition) is 2. The summed E-state index contributed by atoms with van der Waals surface area (Å²) in [5.41, 5.74) is 0.992. The van der Waals surface area contributed by atoms with E-state index in [1.165, 1.54) is 11.3 Å². The number of likely N-dealkylation sites (tertiary alicyclic amines) is 1. The minimum absolute atomic E-state index is 0.109. The van der Waals surface area contributed by atoms with Crippen molar-refractivity contribution in [3.05, 3.63) is 23.1 Å². The average Bonchev–Trinajstić information content (AvgIpc) is 2.55. The lowest BCUT2D eigenvalue weighted by molar-refractivity contribution is -0.126. The van der Waals surface area contributed by atoms with Crippen LogP contribution in [0.3, 0.4) is 0 Å². The van der Waals surface area contributed by atoms with Crippen LogP contribution in [0.2, 0.25) is 0 Å². The van der Waals surface area contributed by atoms with E-state index in [1.54, 1.807) is 11.8 Å². The highest BCUT2D eigenvalue weighted by Gasteiger charge is 2.25. The van der Waals surface area contributed by atoms with Crippen LogP contribution in [0.1, 0.15) is 46.5 Å². The fraction of sp³-hybridized carbons (Fsp3) is 0.688. The van der Waals surface area contributed by atoms with E-state index in [0.717, 1.165) is 32.4 Å². The van der Waals surface area contributed by atoms with Gasteiger partial charge < -0.3 is 4.90 Å². The second-order valence-corrected chi connectivity index (χ2v) is 6.94. The minimum Gasteiger partial charge on any atom is -0.339 e. The van der Waals surface area contributed by atoms with Crippen LogP contribution < -0.4 is 0 Å². The van der Waals surface area contributed by atoms with Crippen LogP contribution in [0.25, 0.3) is 0 Å². The zero-order valence-electron chi connectivity index (χ0n) is 12.8. The molecule has 0 aromatic carbocycles. The van der Waals surface area contributed by atoms with Crippen LogP contribution in [0.15, 0.2) is 23.1 Å². The van der Waals surface area contributed by atoms with Crippen LogP contribution in [0, 0.1) is 5.41 Å². The Morgan fingerprint density at radius 2 is 2.05 bits per heavy atom. The molecule has 0 unspecified atom stereocenters. The number of allylic oxidation sites excluding steroid dienone is 1. The SMILES string of the molecule is C=C(/C=C(/CC)SC)C(=O)N1CCCC(C)(C)CC1. The first-order valence-corrected chi connectivity index (χ1v) is 8.35. The average molecular weight is 281 g/mol. The van der Waals surface area contributed by atoms with Gasteiger partial charge in [-0.2, -0.15) is 0 Å². The molecule has 1 aliphatic heterocycles. The van der Waals surface area contributed by atoms with E-state index >= 15 is 0 Å². The molecular weight excluding hydrogens is 254 g/mol. The Bertz CT molecular complexity index is 365. The Balaban J connectivity index is 2.67. The standard InChI is InChI=1S/C16H27NOS/c1-6-14(19-5)12-13(2)15(18)17-10-7-8-16(3,4)9-11-17/h12H,2,6-11H2,1,3-5H3/b14-12-. The summed E-state index contributed by atoms with van der Waals surface area (Å²) in [5, 5.41) is 0. The van der Waals surface area contributed by atoms with Crippen molar-refractivity contribution in [2.75, 3.05) is 19.3 Å². The molecule has 1 amide bonds. The van der Waals surface area contributed by atoms with Gasteiger partial charge in [-0.1, -0.05) is 27.4 Å². The van der Waals surface area contributed by atoms with Crippen LogP contribution in [0.4, 0.5) is 0 Å². The summed E-state index contributed by atoms with van der Waals surface area (Å²) >= 11 is 1.70. The highest BCUT2D eigenvalue weighted by atomic mass is 32.2. The van der Waals surface area contributed by atoms with Crippen LogP contribution in [-0.2, 0) is 4.79 Å². The molecule has 0 saturated carbocycles. The largest absolute Gasteiger partial charge is 0.339 e. The van der Waals surface area contributed by atoms with Crippen molar-refractivity contribution < 1.29 is 4.79 Å². The van der Waals surface area contributed by atoms with Crippen molar-refractivity contribution in [2.45, 2.75) is 46.5 Å². The van der Waals surface area contributed by atoms with Gasteiger partial charge in [0.25, 0.3) is 5.91 Å². The number of thioether (sulfide) groups is 1. The van der Waals surface area contributed by atoms with Crippen molar-refractivity contribution in [3.63, 3.8) is 0 Å². The molecule has 2 nitrogen and oxygen atoms in total. The minimum atomic E-state index is 0.109. The van der Waals surface area contributed by atoms with E-state index in [4.69, 9.17) is 0 Å². The smallest absolute Gasteiger partial charge is 0.253 e. The summed E-state index contributed by atoms with van der Waals surface area (Å²) in [6.45, 7) is 12.4. The lowest BCUT2D eigenvalue weighted by atomic mass is 9.85. The zero-order valence-corrected chi connectivity index (χ0v) is 13.6. The van der Waals surface area contributed by atoms with Crippen molar-refractivity contribution in [1.29, 1.82) is 0 Å². The third-order valence-corrected chi connectivity index (χ3v) is 4.78. The second kappa shape index (κ2) is 7.18. The first-order valence-electron chi connectivity index (χ1n) is 7.12. The molecule has 0 N–H and O–H groups in total. The second-order valence-electron chi connectivity index (χ2n) is 6.00. The number of carbonyl (C=O) groups excluding carboxylic acids is 1. The Kier molecular flexibility index (Phi) is 6.18. The molecule has 1 heterocycles. The molecule has 0 aromatic rings. The molecule has 19 heavy (non-hydrogen) atoms. The van der Waals surface area contributed by atoms with Gasteiger partial charge in [-0.25, -0.2) is 0 Å². The summed E-state index contributed by atoms with van der Waals surface area (Å²) in [5.74, 6) is 0.109. The summed E-state index contributed by atoms with van der Waals surface area (Å²) in [4.78, 5) is 15.6. The molecular formula is C16H27NOS. The Morgan fingerprint density at radius 3 is 2.63 bits per heavy atom. The van der Waals surface area contributed by atoms with Gasteiger partial charge >= 0.3 is 0 Å². The Morgan fingerprint density at radius 1 is 1.37 bits per heavy atom. The third kappa shape index (κ3) is 5.06. The molecule has 1 rings (SSSR count). The van der Waals surface area contributed by atoms with Gasteiger partial charge in [0.15, 0.2) is 0 Å². The molecule has 1 saturated heterocycles. The molecule has 0 radical (unpaired) electrons. The van der Waals surface area contributed by atoms with Crippen molar-refractivity contribution in [3.8, 4) is 0 Å². The maximum atomic E-state index is 12.4. The molecule has 3 heteroatoms. The fourth-order valence-electron chi connectivity index (χ4n) is 2.39. The van der Waals surface area contributed by atoms with Crippen LogP contribution in [0.5, 0.6) is 0 Å². The molecule has 1 fully saturated rings. The molecule has 1 aliphatic rings. The topological polar surface area (TPSA) is 20.3 Å². The van der Waals surface area contributed by atoms with Gasteiger partial charge in [-0.15, -0.1) is 11.8 Å². The van der Waals surface area contributed by atoms with E-state index < -0.39 is 0 Å². The maximum absolute atomic E-state index is 12.4. The zero-order chi connectivity index (χ0) is 14.5. The number of carbonyl (C=O) groups is 1. The summed E-state index contributed by atoms with van der Waals surface area (Å²) in [7, 11) is 0. The highest BCUT2D eigenvalue weighted by molar-refractivity contribution is 8.02. The summed E-state index contributed by atoms with van der Waals surface area (Å²) in [6.07, 6.45) is 8.33. The molecule has 108 valence electrons. The first kappa shape index (κ1) is 16.4. The van der Waals surface area contributed by atoms with Crippen molar-refractivity contribution >= 4 is 17.7 Å². The third-order valence-electron chi connectivity index (χ3n) is 3.85. The lowest BCUT2D eigenvalue weighted by Crippen LogP contribution is -2.33. The first-order chi connectivity index (χ1) is 8.89. The highest BCUT2D eigenvalue weighted by Crippen LogP contribution is 2.30. The van der Waals surface area contributed by atoms with Gasteiger partial charge in [-0.3, -0.25) is 4.79 Å². The predicted molar refractivity (Wildman–Crippen MR) is 85.2 cm³/mol. The molecule has 0 spiro atoms. The Labute approximate surface area is 122 Å². The van der Waals surface area contributed by atoms with E-state index in [2.05, 4.69) is 27.4 Å². The number of nitrogens with zero attached hydrogens (tertiary/aromatic N) is 1. The summed E-state index contributed by atoms with van der Waals surface area (Å²) in [6, 6.07) is 0. The fourth-order valence-corrected chi connectivity index (χ4v) is 2.94. The van der Waals surface area contributed by atoms with Crippen LogP contribution in [-0.4, -0.2) is 30.2 Å².